The summed E-state index contributed by atoms with van der Waals surface area (Å²) in [6.07, 6.45) is 5.28. The molecule has 1 unspecified atom stereocenters. The average molecular weight is 526 g/mol. The van der Waals surface area contributed by atoms with Gasteiger partial charge in [-0.25, -0.2) is 0 Å². The molecule has 4 N–H and O–H groups in total. The highest BCUT2D eigenvalue weighted by atomic mass is 127. The van der Waals surface area contributed by atoms with E-state index in [-0.39, 0.29) is 35.8 Å². The maximum Gasteiger partial charge on any atom is 0.220 e. The van der Waals surface area contributed by atoms with E-state index >= 15 is 0 Å². The second kappa shape index (κ2) is 17.1. The van der Waals surface area contributed by atoms with Gasteiger partial charge in [0.2, 0.25) is 5.91 Å². The predicted octanol–water partition coefficient (Wildman–Crippen LogP) is 2.59. The maximum absolute atomic E-state index is 11.2. The van der Waals surface area contributed by atoms with Gasteiger partial charge in [-0.15, -0.1) is 24.0 Å². The number of amides is 1. The van der Waals surface area contributed by atoms with Crippen LogP contribution in [0.25, 0.3) is 0 Å². The number of hydrogen-bond donors (Lipinski definition) is 3. The highest BCUT2D eigenvalue weighted by Gasteiger charge is 2.22. The summed E-state index contributed by atoms with van der Waals surface area (Å²) in [5.74, 6) is 1.35. The lowest BCUT2D eigenvalue weighted by molar-refractivity contribution is -0.123. The van der Waals surface area contributed by atoms with Crippen molar-refractivity contribution in [3.05, 3.63) is 0 Å². The number of nitrogens with two attached hydrogens (primary N) is 1. The number of likely N-dealkylation sites (tertiary alicyclic amines) is 1. The molecule has 0 aliphatic carbocycles. The van der Waals surface area contributed by atoms with Crippen molar-refractivity contribution in [2.24, 2.45) is 22.6 Å². The van der Waals surface area contributed by atoms with Crippen molar-refractivity contribution in [2.45, 2.75) is 65.9 Å². The number of primary amides is 1. The summed E-state index contributed by atoms with van der Waals surface area (Å²) in [4.78, 5) is 18.4. The first-order chi connectivity index (χ1) is 13.5. The third kappa shape index (κ3) is 12.6. The number of hydrogen-bond acceptors (Lipinski definition) is 4. The zero-order valence-corrected chi connectivity index (χ0v) is 21.2. The quantitative estimate of drug-likeness (QED) is 0.149. The number of aliphatic imine (C=N–C) groups is 1. The fourth-order valence-corrected chi connectivity index (χ4v) is 3.58. The van der Waals surface area contributed by atoms with E-state index in [4.69, 9.17) is 15.5 Å². The number of nitrogens with one attached hydrogen (secondary N) is 2. The summed E-state index contributed by atoms with van der Waals surface area (Å²) >= 11 is 0. The number of rotatable bonds is 13. The number of carbonyl (C=O) groups is 1. The molecule has 1 fully saturated rings. The number of carbonyl (C=O) groups excluding carboxylic acids is 1. The number of ether oxygens (including phenoxy) is 1. The van der Waals surface area contributed by atoms with Crippen LogP contribution in [0.15, 0.2) is 4.99 Å². The smallest absolute Gasteiger partial charge is 0.220 e. The van der Waals surface area contributed by atoms with Gasteiger partial charge < -0.3 is 26.0 Å². The third-order valence-corrected chi connectivity index (χ3v) is 5.33. The molecule has 0 aromatic carbocycles. The Morgan fingerprint density at radius 2 is 1.90 bits per heavy atom. The molecule has 1 amide bonds. The van der Waals surface area contributed by atoms with Gasteiger partial charge >= 0.3 is 0 Å². The normalized spacial score (nSPS) is 17.1. The SMILES string of the molecule is CCNC(=NCCCCN1CCC(C(N)=O)CC1)NCCC(OCC)C(C)C.I. The van der Waals surface area contributed by atoms with Gasteiger partial charge in [0.25, 0.3) is 0 Å². The van der Waals surface area contributed by atoms with Crippen LogP contribution in [-0.2, 0) is 9.53 Å². The summed E-state index contributed by atoms with van der Waals surface area (Å²) in [5.41, 5.74) is 5.40. The van der Waals surface area contributed by atoms with Crippen molar-refractivity contribution in [3.63, 3.8) is 0 Å². The number of halogens is 1. The Labute approximate surface area is 195 Å². The molecule has 1 aliphatic rings. The molecule has 172 valence electrons. The fraction of sp³-hybridized carbons (Fsp3) is 0.905. The summed E-state index contributed by atoms with van der Waals surface area (Å²) in [7, 11) is 0. The highest BCUT2D eigenvalue weighted by Crippen LogP contribution is 2.16. The van der Waals surface area contributed by atoms with Gasteiger partial charge in [0.1, 0.15) is 0 Å². The number of unbranched alkanes of at least 4 members (excludes halogenated alkanes) is 1. The lowest BCUT2D eigenvalue weighted by atomic mass is 9.96. The molecular formula is C21H44IN5O2. The minimum Gasteiger partial charge on any atom is -0.378 e. The van der Waals surface area contributed by atoms with Crippen LogP contribution < -0.4 is 16.4 Å². The predicted molar refractivity (Wildman–Crippen MR) is 132 cm³/mol. The molecule has 1 atom stereocenters. The first kappa shape index (κ1) is 28.4. The lowest BCUT2D eigenvalue weighted by Gasteiger charge is -2.30. The van der Waals surface area contributed by atoms with Crippen molar-refractivity contribution < 1.29 is 9.53 Å². The van der Waals surface area contributed by atoms with Crippen LogP contribution in [0.5, 0.6) is 0 Å². The highest BCUT2D eigenvalue weighted by molar-refractivity contribution is 14.0. The van der Waals surface area contributed by atoms with Crippen molar-refractivity contribution in [3.8, 4) is 0 Å². The standard InChI is InChI=1S/C21H43N5O2.HI/c1-5-23-21(25-13-9-19(17(3)4)28-6-2)24-12-7-8-14-26-15-10-18(11-16-26)20(22)27;/h17-19H,5-16H2,1-4H3,(H2,22,27)(H2,23,24,25);1H. The first-order valence-corrected chi connectivity index (χ1v) is 11.1. The second-order valence-corrected chi connectivity index (χ2v) is 7.94. The minimum absolute atomic E-state index is 0. The van der Waals surface area contributed by atoms with Gasteiger partial charge in [0, 0.05) is 32.2 Å². The van der Waals surface area contributed by atoms with Crippen LogP contribution in [0.1, 0.15) is 59.8 Å². The summed E-state index contributed by atoms with van der Waals surface area (Å²) in [6.45, 7) is 14.9. The molecule has 0 aromatic rings. The minimum atomic E-state index is -0.140. The summed E-state index contributed by atoms with van der Waals surface area (Å²) in [6, 6.07) is 0. The van der Waals surface area contributed by atoms with Gasteiger partial charge in [-0.3, -0.25) is 9.79 Å². The first-order valence-electron chi connectivity index (χ1n) is 11.1. The van der Waals surface area contributed by atoms with E-state index in [1.165, 1.54) is 0 Å². The van der Waals surface area contributed by atoms with Crippen molar-refractivity contribution in [1.82, 2.24) is 15.5 Å². The summed E-state index contributed by atoms with van der Waals surface area (Å²) < 4.78 is 5.81. The molecule has 1 rings (SSSR count). The van der Waals surface area contributed by atoms with Crippen LogP contribution in [0.4, 0.5) is 0 Å². The van der Waals surface area contributed by atoms with E-state index in [1.54, 1.807) is 0 Å². The number of nitrogens with zero attached hydrogens (tertiary/aromatic N) is 2. The molecule has 0 radical (unpaired) electrons. The largest absolute Gasteiger partial charge is 0.378 e. The van der Waals surface area contributed by atoms with Gasteiger partial charge in [-0.2, -0.15) is 0 Å². The van der Waals surface area contributed by atoms with Crippen LogP contribution in [0.3, 0.4) is 0 Å². The Balaban J connectivity index is 0.00000784. The molecule has 8 heteroatoms. The van der Waals surface area contributed by atoms with Gasteiger partial charge in [0.15, 0.2) is 5.96 Å². The molecule has 29 heavy (non-hydrogen) atoms. The van der Waals surface area contributed by atoms with E-state index in [0.717, 1.165) is 83.9 Å². The summed E-state index contributed by atoms with van der Waals surface area (Å²) in [5, 5.41) is 6.74. The molecule has 1 heterocycles. The van der Waals surface area contributed by atoms with E-state index < -0.39 is 0 Å². The molecule has 1 aliphatic heterocycles. The van der Waals surface area contributed by atoms with E-state index in [0.29, 0.717) is 12.0 Å². The van der Waals surface area contributed by atoms with Crippen molar-refractivity contribution in [1.29, 1.82) is 0 Å². The second-order valence-electron chi connectivity index (χ2n) is 7.94. The molecule has 0 saturated carbocycles. The number of guanidine groups is 1. The molecule has 0 bridgehead atoms. The van der Waals surface area contributed by atoms with E-state index in [1.807, 2.05) is 6.92 Å². The fourth-order valence-electron chi connectivity index (χ4n) is 3.58. The number of piperidine rings is 1. The molecular weight excluding hydrogens is 481 g/mol. The van der Waals surface area contributed by atoms with Crippen LogP contribution in [0.2, 0.25) is 0 Å². The third-order valence-electron chi connectivity index (χ3n) is 5.33. The van der Waals surface area contributed by atoms with Gasteiger partial charge in [-0.1, -0.05) is 13.8 Å². The Hall–Kier alpha value is -0.610. The zero-order valence-electron chi connectivity index (χ0n) is 18.9. The van der Waals surface area contributed by atoms with Gasteiger partial charge in [-0.05, 0) is 71.5 Å². The lowest BCUT2D eigenvalue weighted by Crippen LogP contribution is -2.39. The monoisotopic (exact) mass is 525 g/mol. The maximum atomic E-state index is 11.2. The molecule has 1 saturated heterocycles. The Morgan fingerprint density at radius 1 is 1.21 bits per heavy atom. The molecule has 0 spiro atoms. The van der Waals surface area contributed by atoms with Gasteiger partial charge in [0.05, 0.1) is 6.10 Å². The Bertz CT molecular complexity index is 454. The topological polar surface area (TPSA) is 92.0 Å². The zero-order chi connectivity index (χ0) is 20.8. The molecule has 7 nitrogen and oxygen atoms in total. The molecule has 0 aromatic heterocycles. The van der Waals surface area contributed by atoms with Crippen LogP contribution in [0, 0.1) is 11.8 Å². The Morgan fingerprint density at radius 3 is 2.45 bits per heavy atom. The average Bonchev–Trinajstić information content (AvgIpc) is 2.67. The van der Waals surface area contributed by atoms with E-state index in [2.05, 4.69) is 36.3 Å². The van der Waals surface area contributed by atoms with E-state index in [9.17, 15) is 4.79 Å². The Kier molecular flexibility index (Phi) is 16.7. The van der Waals surface area contributed by atoms with Crippen LogP contribution in [-0.4, -0.2) is 68.7 Å². The van der Waals surface area contributed by atoms with Crippen molar-refractivity contribution >= 4 is 35.8 Å². The van der Waals surface area contributed by atoms with Crippen molar-refractivity contribution in [2.75, 3.05) is 45.9 Å². The van der Waals surface area contributed by atoms with Crippen LogP contribution >= 0.6 is 24.0 Å².